The van der Waals surface area contributed by atoms with Gasteiger partial charge >= 0.3 is 12.1 Å². The van der Waals surface area contributed by atoms with Crippen molar-refractivity contribution < 1.29 is 19.1 Å². The van der Waals surface area contributed by atoms with Crippen LogP contribution in [0, 0.1) is 0 Å². The number of hydrogen-bond acceptors (Lipinski definition) is 4. The molecule has 0 aromatic carbocycles. The Morgan fingerprint density at radius 2 is 2.00 bits per heavy atom. The maximum atomic E-state index is 10.9. The summed E-state index contributed by atoms with van der Waals surface area (Å²) in [6.07, 6.45) is 0.277. The van der Waals surface area contributed by atoms with Crippen LogP contribution in [0.4, 0.5) is 4.79 Å². The molecule has 14 heavy (non-hydrogen) atoms. The van der Waals surface area contributed by atoms with E-state index in [1.807, 2.05) is 0 Å². The Hall–Kier alpha value is -1.26. The van der Waals surface area contributed by atoms with Crippen molar-refractivity contribution >= 4 is 12.1 Å². The predicted molar refractivity (Wildman–Crippen MR) is 50.9 cm³/mol. The van der Waals surface area contributed by atoms with E-state index in [0.29, 0.717) is 19.4 Å². The lowest BCUT2D eigenvalue weighted by molar-refractivity contribution is -0.140. The van der Waals surface area contributed by atoms with Crippen LogP contribution in [-0.2, 0) is 14.3 Å². The Morgan fingerprint density at radius 3 is 2.50 bits per heavy atom. The zero-order valence-electron chi connectivity index (χ0n) is 8.83. The first-order valence-corrected chi connectivity index (χ1v) is 4.57. The Morgan fingerprint density at radius 1 is 1.36 bits per heavy atom. The lowest BCUT2D eigenvalue weighted by Crippen LogP contribution is -2.28. The van der Waals surface area contributed by atoms with Crippen LogP contribution in [0.5, 0.6) is 0 Å². The number of nitrogens with one attached hydrogen (secondary N) is 1. The topological polar surface area (TPSA) is 64.6 Å². The smallest absolute Gasteiger partial charge is 0.407 e. The second-order valence-electron chi connectivity index (χ2n) is 3.06. The zero-order valence-corrected chi connectivity index (χ0v) is 8.83. The second kappa shape index (κ2) is 7.17. The van der Waals surface area contributed by atoms with Gasteiger partial charge in [0, 0.05) is 13.0 Å². The Bertz CT molecular complexity index is 191. The molecule has 0 saturated heterocycles. The van der Waals surface area contributed by atoms with Crippen LogP contribution >= 0.6 is 0 Å². The highest BCUT2D eigenvalue weighted by Gasteiger charge is 2.04. The van der Waals surface area contributed by atoms with Gasteiger partial charge in [-0.15, -0.1) is 0 Å². The van der Waals surface area contributed by atoms with Gasteiger partial charge in [-0.3, -0.25) is 4.79 Å². The number of carbonyl (C=O) groups is 2. The van der Waals surface area contributed by atoms with E-state index >= 15 is 0 Å². The van der Waals surface area contributed by atoms with Gasteiger partial charge in [-0.2, -0.15) is 0 Å². The fourth-order valence-electron chi connectivity index (χ4n) is 0.781. The van der Waals surface area contributed by atoms with Crippen LogP contribution in [0.1, 0.15) is 26.7 Å². The van der Waals surface area contributed by atoms with E-state index < -0.39 is 6.09 Å². The van der Waals surface area contributed by atoms with Crippen molar-refractivity contribution in [3.05, 3.63) is 0 Å². The Kier molecular flexibility index (Phi) is 6.53. The maximum Gasteiger partial charge on any atom is 0.407 e. The SMILES string of the molecule is COC(=O)CCCNC(=O)OC(C)C. The summed E-state index contributed by atoms with van der Waals surface area (Å²) in [6, 6.07) is 0. The summed E-state index contributed by atoms with van der Waals surface area (Å²) in [5.41, 5.74) is 0. The number of rotatable bonds is 5. The average molecular weight is 203 g/mol. The second-order valence-corrected chi connectivity index (χ2v) is 3.06. The van der Waals surface area contributed by atoms with Gasteiger partial charge in [0.1, 0.15) is 0 Å². The molecular weight excluding hydrogens is 186 g/mol. The minimum atomic E-state index is -0.454. The van der Waals surface area contributed by atoms with Gasteiger partial charge in [0.05, 0.1) is 13.2 Å². The van der Waals surface area contributed by atoms with E-state index in [4.69, 9.17) is 4.74 Å². The highest BCUT2D eigenvalue weighted by Crippen LogP contribution is 1.91. The molecule has 0 radical (unpaired) electrons. The molecule has 0 aliphatic carbocycles. The van der Waals surface area contributed by atoms with Crippen LogP contribution < -0.4 is 5.32 Å². The maximum absolute atomic E-state index is 10.9. The first-order valence-electron chi connectivity index (χ1n) is 4.57. The van der Waals surface area contributed by atoms with Crippen molar-refractivity contribution in [2.75, 3.05) is 13.7 Å². The van der Waals surface area contributed by atoms with Gasteiger partial charge in [0.2, 0.25) is 0 Å². The number of ether oxygens (including phenoxy) is 2. The van der Waals surface area contributed by atoms with Gasteiger partial charge in [0.25, 0.3) is 0 Å². The molecule has 5 heteroatoms. The quantitative estimate of drug-likeness (QED) is 0.536. The first-order chi connectivity index (χ1) is 6.56. The Labute approximate surface area is 83.8 Å². The third-order valence-electron chi connectivity index (χ3n) is 1.40. The summed E-state index contributed by atoms with van der Waals surface area (Å²) in [7, 11) is 1.34. The standard InChI is InChI=1S/C9H17NO4/c1-7(2)14-9(12)10-6-4-5-8(11)13-3/h7H,4-6H2,1-3H3,(H,10,12). The van der Waals surface area contributed by atoms with Crippen molar-refractivity contribution in [2.24, 2.45) is 0 Å². The first kappa shape index (κ1) is 12.7. The van der Waals surface area contributed by atoms with E-state index in [1.54, 1.807) is 13.8 Å². The molecule has 0 rings (SSSR count). The lowest BCUT2D eigenvalue weighted by atomic mass is 10.3. The zero-order chi connectivity index (χ0) is 11.0. The minimum Gasteiger partial charge on any atom is -0.469 e. The fourth-order valence-corrected chi connectivity index (χ4v) is 0.781. The molecular formula is C9H17NO4. The summed E-state index contributed by atoms with van der Waals surface area (Å²) in [6.45, 7) is 3.96. The number of alkyl carbamates (subject to hydrolysis) is 1. The molecule has 0 spiro atoms. The molecule has 1 N–H and O–H groups in total. The number of amides is 1. The van der Waals surface area contributed by atoms with Gasteiger partial charge in [-0.1, -0.05) is 0 Å². The third-order valence-corrected chi connectivity index (χ3v) is 1.40. The van der Waals surface area contributed by atoms with Crippen molar-refractivity contribution in [2.45, 2.75) is 32.8 Å². The normalized spacial score (nSPS) is 9.71. The van der Waals surface area contributed by atoms with Crippen LogP contribution in [0.2, 0.25) is 0 Å². The summed E-state index contributed by atoms with van der Waals surface area (Å²) in [5.74, 6) is -0.274. The molecule has 0 fully saturated rings. The number of hydrogen-bond donors (Lipinski definition) is 1. The van der Waals surface area contributed by atoms with Gasteiger partial charge < -0.3 is 14.8 Å². The summed E-state index contributed by atoms with van der Waals surface area (Å²) in [5, 5.41) is 2.52. The average Bonchev–Trinajstić information content (AvgIpc) is 2.10. The van der Waals surface area contributed by atoms with Crippen LogP contribution in [-0.4, -0.2) is 31.8 Å². The van der Waals surface area contributed by atoms with Crippen LogP contribution in [0.15, 0.2) is 0 Å². The molecule has 0 aliphatic heterocycles. The van der Waals surface area contributed by atoms with Gasteiger partial charge in [0.15, 0.2) is 0 Å². The highest BCUT2D eigenvalue weighted by molar-refractivity contribution is 5.69. The van der Waals surface area contributed by atoms with Crippen molar-refractivity contribution in [1.29, 1.82) is 0 Å². The van der Waals surface area contributed by atoms with Gasteiger partial charge in [-0.05, 0) is 20.3 Å². The molecule has 0 bridgehead atoms. The molecule has 0 aromatic rings. The minimum absolute atomic E-state index is 0.129. The molecule has 0 aromatic heterocycles. The van der Waals surface area contributed by atoms with Crippen LogP contribution in [0.3, 0.4) is 0 Å². The lowest BCUT2D eigenvalue weighted by Gasteiger charge is -2.08. The van der Waals surface area contributed by atoms with E-state index in [9.17, 15) is 9.59 Å². The van der Waals surface area contributed by atoms with Crippen LogP contribution in [0.25, 0.3) is 0 Å². The van der Waals surface area contributed by atoms with E-state index in [0.717, 1.165) is 0 Å². The molecule has 82 valence electrons. The third kappa shape index (κ3) is 7.39. The van der Waals surface area contributed by atoms with E-state index in [2.05, 4.69) is 10.1 Å². The monoisotopic (exact) mass is 203 g/mol. The van der Waals surface area contributed by atoms with Crippen molar-refractivity contribution in [1.82, 2.24) is 5.32 Å². The number of methoxy groups -OCH3 is 1. The van der Waals surface area contributed by atoms with Crippen molar-refractivity contribution in [3.63, 3.8) is 0 Å². The summed E-state index contributed by atoms with van der Waals surface area (Å²) in [4.78, 5) is 21.6. The van der Waals surface area contributed by atoms with E-state index in [1.165, 1.54) is 7.11 Å². The number of esters is 1. The predicted octanol–water partition coefficient (Wildman–Crippen LogP) is 1.07. The largest absolute Gasteiger partial charge is 0.469 e. The summed E-state index contributed by atoms with van der Waals surface area (Å²) < 4.78 is 9.26. The number of carbonyl (C=O) groups excluding carboxylic acids is 2. The molecule has 0 heterocycles. The Balaban J connectivity index is 3.36. The summed E-state index contributed by atoms with van der Waals surface area (Å²) >= 11 is 0. The molecule has 1 amide bonds. The van der Waals surface area contributed by atoms with E-state index in [-0.39, 0.29) is 12.1 Å². The van der Waals surface area contributed by atoms with Crippen molar-refractivity contribution in [3.8, 4) is 0 Å². The molecule has 0 unspecified atom stereocenters. The fraction of sp³-hybridized carbons (Fsp3) is 0.778. The molecule has 0 atom stereocenters. The molecule has 5 nitrogen and oxygen atoms in total. The molecule has 0 aliphatic rings. The van der Waals surface area contributed by atoms with Gasteiger partial charge in [-0.25, -0.2) is 4.79 Å². The highest BCUT2D eigenvalue weighted by atomic mass is 16.6. The molecule has 0 saturated carbocycles.